The second-order valence-electron chi connectivity index (χ2n) is 6.78. The molecule has 0 aliphatic carbocycles. The van der Waals surface area contributed by atoms with Crippen LogP contribution in [-0.2, 0) is 4.79 Å². The Labute approximate surface area is 150 Å². The summed E-state index contributed by atoms with van der Waals surface area (Å²) in [6.45, 7) is 6.26. The van der Waals surface area contributed by atoms with Gasteiger partial charge in [-0.15, -0.1) is 24.2 Å². The maximum atomic E-state index is 12.6. The van der Waals surface area contributed by atoms with Gasteiger partial charge in [0.15, 0.2) is 0 Å². The topological polar surface area (TPSA) is 32.3 Å². The third kappa shape index (κ3) is 4.65. The largest absolute Gasteiger partial charge is 0.342 e. The summed E-state index contributed by atoms with van der Waals surface area (Å²) >= 11 is 1.78. The number of likely N-dealkylation sites (tertiary alicyclic amines) is 1. The Hall–Kier alpha value is -0.710. The molecular formula is C18H27ClN2OS. The molecule has 2 heterocycles. The summed E-state index contributed by atoms with van der Waals surface area (Å²) in [4.78, 5) is 16.0. The predicted octanol–water partition coefficient (Wildman–Crippen LogP) is 3.44. The predicted molar refractivity (Wildman–Crippen MR) is 99.3 cm³/mol. The Bertz CT molecular complexity index is 495. The lowest BCUT2D eigenvalue weighted by atomic mass is 9.77. The highest BCUT2D eigenvalue weighted by Gasteiger charge is 2.38. The third-order valence-corrected chi connectivity index (χ3v) is 6.40. The van der Waals surface area contributed by atoms with Crippen LogP contribution >= 0.6 is 24.2 Å². The Morgan fingerprint density at radius 1 is 1.26 bits per heavy atom. The minimum absolute atomic E-state index is 0. The highest BCUT2D eigenvalue weighted by atomic mass is 35.5. The fourth-order valence-corrected chi connectivity index (χ4v) is 4.48. The molecule has 3 nitrogen and oxygen atoms in total. The van der Waals surface area contributed by atoms with Crippen LogP contribution in [0.3, 0.4) is 0 Å². The van der Waals surface area contributed by atoms with E-state index in [2.05, 4.69) is 41.4 Å². The SMILES string of the molecule is CC(CSc1ccccc1)C(=O)N1CCC2(CCNC2)CC1.Cl. The number of rotatable bonds is 4. The van der Waals surface area contributed by atoms with Gasteiger partial charge in [0, 0.05) is 36.2 Å². The molecule has 5 heteroatoms. The lowest BCUT2D eigenvalue weighted by molar-refractivity contribution is -0.136. The molecule has 23 heavy (non-hydrogen) atoms. The van der Waals surface area contributed by atoms with E-state index in [-0.39, 0.29) is 18.3 Å². The van der Waals surface area contributed by atoms with Crippen molar-refractivity contribution in [2.24, 2.45) is 11.3 Å². The van der Waals surface area contributed by atoms with Crippen molar-refractivity contribution < 1.29 is 4.79 Å². The van der Waals surface area contributed by atoms with Crippen LogP contribution < -0.4 is 5.32 Å². The van der Waals surface area contributed by atoms with Gasteiger partial charge in [-0.2, -0.15) is 0 Å². The number of carbonyl (C=O) groups excluding carboxylic acids is 1. The monoisotopic (exact) mass is 354 g/mol. The molecule has 2 aliphatic heterocycles. The molecule has 1 unspecified atom stereocenters. The number of nitrogens with one attached hydrogen (secondary N) is 1. The van der Waals surface area contributed by atoms with Gasteiger partial charge >= 0.3 is 0 Å². The first kappa shape index (κ1) is 18.6. The molecule has 2 fully saturated rings. The number of carbonyl (C=O) groups is 1. The maximum absolute atomic E-state index is 12.6. The van der Waals surface area contributed by atoms with Gasteiger partial charge in [0.2, 0.25) is 5.91 Å². The van der Waals surface area contributed by atoms with Gasteiger partial charge in [-0.25, -0.2) is 0 Å². The fourth-order valence-electron chi connectivity index (χ4n) is 3.54. The lowest BCUT2D eigenvalue weighted by Gasteiger charge is -2.39. The highest BCUT2D eigenvalue weighted by molar-refractivity contribution is 7.99. The normalized spacial score (nSPS) is 21.0. The van der Waals surface area contributed by atoms with Crippen LogP contribution in [0.2, 0.25) is 0 Å². The zero-order valence-corrected chi connectivity index (χ0v) is 15.4. The average molecular weight is 355 g/mol. The van der Waals surface area contributed by atoms with Crippen LogP contribution in [0, 0.1) is 11.3 Å². The zero-order valence-electron chi connectivity index (χ0n) is 13.8. The van der Waals surface area contributed by atoms with E-state index in [4.69, 9.17) is 0 Å². The van der Waals surface area contributed by atoms with Gasteiger partial charge in [-0.05, 0) is 43.4 Å². The van der Waals surface area contributed by atoms with Crippen molar-refractivity contribution in [3.05, 3.63) is 30.3 Å². The van der Waals surface area contributed by atoms with Crippen molar-refractivity contribution >= 4 is 30.1 Å². The molecule has 1 spiro atoms. The average Bonchev–Trinajstić information content (AvgIpc) is 3.02. The number of halogens is 1. The van der Waals surface area contributed by atoms with E-state index in [1.165, 1.54) is 24.2 Å². The first-order valence-corrected chi connectivity index (χ1v) is 9.34. The molecule has 0 saturated carbocycles. The van der Waals surface area contributed by atoms with E-state index in [9.17, 15) is 4.79 Å². The van der Waals surface area contributed by atoms with Gasteiger partial charge in [0.25, 0.3) is 0 Å². The molecule has 1 atom stereocenters. The van der Waals surface area contributed by atoms with E-state index in [1.807, 2.05) is 6.07 Å². The van der Waals surface area contributed by atoms with E-state index < -0.39 is 0 Å². The van der Waals surface area contributed by atoms with Crippen molar-refractivity contribution in [1.29, 1.82) is 0 Å². The number of benzene rings is 1. The van der Waals surface area contributed by atoms with Crippen LogP contribution in [-0.4, -0.2) is 42.7 Å². The first-order valence-electron chi connectivity index (χ1n) is 8.36. The number of hydrogen-bond acceptors (Lipinski definition) is 3. The van der Waals surface area contributed by atoms with Gasteiger partial charge in [0.05, 0.1) is 0 Å². The summed E-state index contributed by atoms with van der Waals surface area (Å²) in [7, 11) is 0. The summed E-state index contributed by atoms with van der Waals surface area (Å²) in [5, 5.41) is 3.48. The molecule has 1 aromatic carbocycles. The molecule has 2 saturated heterocycles. The molecule has 1 aromatic rings. The first-order chi connectivity index (χ1) is 10.7. The van der Waals surface area contributed by atoms with Crippen LogP contribution in [0.4, 0.5) is 0 Å². The molecule has 128 valence electrons. The van der Waals surface area contributed by atoms with Crippen molar-refractivity contribution in [2.45, 2.75) is 31.1 Å². The molecule has 0 radical (unpaired) electrons. The quantitative estimate of drug-likeness (QED) is 0.841. The zero-order chi connectivity index (χ0) is 15.4. The van der Waals surface area contributed by atoms with E-state index >= 15 is 0 Å². The lowest BCUT2D eigenvalue weighted by Crippen LogP contribution is -2.46. The Balaban J connectivity index is 0.00000192. The van der Waals surface area contributed by atoms with E-state index in [0.717, 1.165) is 31.9 Å². The van der Waals surface area contributed by atoms with E-state index in [0.29, 0.717) is 11.3 Å². The maximum Gasteiger partial charge on any atom is 0.226 e. The molecular weight excluding hydrogens is 328 g/mol. The van der Waals surface area contributed by atoms with Gasteiger partial charge < -0.3 is 10.2 Å². The van der Waals surface area contributed by atoms with Gasteiger partial charge in [0.1, 0.15) is 0 Å². The number of thioether (sulfide) groups is 1. The van der Waals surface area contributed by atoms with Crippen LogP contribution in [0.15, 0.2) is 35.2 Å². The smallest absolute Gasteiger partial charge is 0.226 e. The number of piperidine rings is 1. The van der Waals surface area contributed by atoms with Crippen LogP contribution in [0.5, 0.6) is 0 Å². The summed E-state index contributed by atoms with van der Waals surface area (Å²) in [5.41, 5.74) is 0.485. The Morgan fingerprint density at radius 2 is 1.96 bits per heavy atom. The Morgan fingerprint density at radius 3 is 2.57 bits per heavy atom. The Kier molecular flexibility index (Phi) is 6.81. The number of amides is 1. The summed E-state index contributed by atoms with van der Waals surface area (Å²) in [6.07, 6.45) is 3.63. The second kappa shape index (κ2) is 8.41. The highest BCUT2D eigenvalue weighted by Crippen LogP contribution is 2.37. The van der Waals surface area contributed by atoms with Crippen LogP contribution in [0.1, 0.15) is 26.2 Å². The van der Waals surface area contributed by atoms with Crippen LogP contribution in [0.25, 0.3) is 0 Å². The minimum atomic E-state index is 0. The van der Waals surface area contributed by atoms with Gasteiger partial charge in [-0.3, -0.25) is 4.79 Å². The molecule has 1 amide bonds. The third-order valence-electron chi connectivity index (χ3n) is 5.13. The van der Waals surface area contributed by atoms with Crippen molar-refractivity contribution in [1.82, 2.24) is 10.2 Å². The molecule has 1 N–H and O–H groups in total. The standard InChI is InChI=1S/C18H26N2OS.ClH/c1-15(13-22-16-5-3-2-4-6-16)17(21)20-11-8-18(9-12-20)7-10-19-14-18;/h2-6,15,19H,7-14H2,1H3;1H. The number of hydrogen-bond donors (Lipinski definition) is 1. The molecule has 3 rings (SSSR count). The molecule has 2 aliphatic rings. The van der Waals surface area contributed by atoms with Crippen molar-refractivity contribution in [3.63, 3.8) is 0 Å². The van der Waals surface area contributed by atoms with E-state index in [1.54, 1.807) is 11.8 Å². The fraction of sp³-hybridized carbons (Fsp3) is 0.611. The second-order valence-corrected chi connectivity index (χ2v) is 7.87. The summed E-state index contributed by atoms with van der Waals surface area (Å²) in [6, 6.07) is 10.3. The molecule has 0 aromatic heterocycles. The summed E-state index contributed by atoms with van der Waals surface area (Å²) < 4.78 is 0. The summed E-state index contributed by atoms with van der Waals surface area (Å²) in [5.74, 6) is 1.30. The van der Waals surface area contributed by atoms with Crippen molar-refractivity contribution in [2.75, 3.05) is 31.9 Å². The number of nitrogens with zero attached hydrogens (tertiary/aromatic N) is 1. The van der Waals surface area contributed by atoms with Gasteiger partial charge in [-0.1, -0.05) is 25.1 Å². The minimum Gasteiger partial charge on any atom is -0.342 e. The van der Waals surface area contributed by atoms with Crippen molar-refractivity contribution in [3.8, 4) is 0 Å². The molecule has 0 bridgehead atoms.